The van der Waals surface area contributed by atoms with Crippen LogP contribution < -0.4 is 5.73 Å². The van der Waals surface area contributed by atoms with Gasteiger partial charge in [0.05, 0.1) is 0 Å². The fourth-order valence-electron chi connectivity index (χ4n) is 1.63. The molecule has 0 saturated carbocycles. The predicted octanol–water partition coefficient (Wildman–Crippen LogP) is 2.73. The van der Waals surface area contributed by atoms with E-state index in [1.807, 2.05) is 0 Å². The summed E-state index contributed by atoms with van der Waals surface area (Å²) < 4.78 is 10.2. The molecule has 0 fully saturated rings. The van der Waals surface area contributed by atoms with Crippen molar-refractivity contribution in [1.29, 1.82) is 0 Å². The lowest BCUT2D eigenvalue weighted by Crippen LogP contribution is -2.28. The van der Waals surface area contributed by atoms with E-state index < -0.39 is 17.5 Å². The Labute approximate surface area is 127 Å². The fraction of sp³-hybridized carbons (Fsp3) is 0.750. The summed E-state index contributed by atoms with van der Waals surface area (Å²) in [7, 11) is 0. The molecule has 0 aliphatic heterocycles. The van der Waals surface area contributed by atoms with Gasteiger partial charge in [0.15, 0.2) is 0 Å². The van der Waals surface area contributed by atoms with Crippen molar-refractivity contribution in [2.45, 2.75) is 65.4 Å². The summed E-state index contributed by atoms with van der Waals surface area (Å²) in [6.45, 7) is 7.73. The van der Waals surface area contributed by atoms with Gasteiger partial charge in [-0.05, 0) is 33.6 Å². The van der Waals surface area contributed by atoms with E-state index in [0.29, 0.717) is 6.42 Å². The summed E-state index contributed by atoms with van der Waals surface area (Å²) in [6.07, 6.45) is 6.57. The topological polar surface area (TPSA) is 78.6 Å². The summed E-state index contributed by atoms with van der Waals surface area (Å²) in [5.41, 5.74) is 4.62. The maximum absolute atomic E-state index is 12.1. The van der Waals surface area contributed by atoms with Gasteiger partial charge in [-0.1, -0.05) is 32.3 Å². The second-order valence-corrected chi connectivity index (χ2v) is 5.89. The molecule has 0 radical (unpaired) electrons. The quantitative estimate of drug-likeness (QED) is 0.233. The van der Waals surface area contributed by atoms with Crippen LogP contribution in [0.15, 0.2) is 11.6 Å². The Kier molecular flexibility index (Phi) is 9.71. The Hall–Kier alpha value is -1.36. The van der Waals surface area contributed by atoms with Crippen molar-refractivity contribution < 1.29 is 19.1 Å². The van der Waals surface area contributed by atoms with E-state index >= 15 is 0 Å². The molecule has 0 aromatic heterocycles. The zero-order valence-electron chi connectivity index (χ0n) is 13.7. The molecule has 0 unspecified atom stereocenters. The first-order valence-corrected chi connectivity index (χ1v) is 7.62. The van der Waals surface area contributed by atoms with Gasteiger partial charge in [0.1, 0.15) is 17.8 Å². The molecular weight excluding hydrogens is 270 g/mol. The van der Waals surface area contributed by atoms with Gasteiger partial charge in [0.25, 0.3) is 0 Å². The van der Waals surface area contributed by atoms with Crippen molar-refractivity contribution in [2.24, 2.45) is 5.73 Å². The monoisotopic (exact) mass is 299 g/mol. The van der Waals surface area contributed by atoms with Gasteiger partial charge < -0.3 is 15.2 Å². The molecule has 0 aromatic rings. The number of allylic oxidation sites excluding steroid dienone is 1. The molecule has 0 spiro atoms. The van der Waals surface area contributed by atoms with Crippen LogP contribution in [-0.4, -0.2) is 30.7 Å². The maximum Gasteiger partial charge on any atom is 0.345 e. The molecule has 0 aliphatic rings. The highest BCUT2D eigenvalue weighted by Gasteiger charge is 2.25. The molecule has 0 amide bonds. The molecule has 122 valence electrons. The smallest absolute Gasteiger partial charge is 0.345 e. The molecule has 5 nitrogen and oxygen atoms in total. The molecule has 0 bridgehead atoms. The first-order chi connectivity index (χ1) is 9.81. The van der Waals surface area contributed by atoms with Crippen LogP contribution in [0.1, 0.15) is 59.8 Å². The van der Waals surface area contributed by atoms with E-state index in [4.69, 9.17) is 15.2 Å². The summed E-state index contributed by atoms with van der Waals surface area (Å²) in [5, 5.41) is 0. The molecule has 0 atom stereocenters. The zero-order valence-corrected chi connectivity index (χ0v) is 13.7. The third-order valence-electron chi connectivity index (χ3n) is 2.60. The second-order valence-electron chi connectivity index (χ2n) is 5.89. The minimum absolute atomic E-state index is 0.0325. The number of unbranched alkanes of at least 4 members (excludes halogenated alkanes) is 4. The lowest BCUT2D eigenvalue weighted by Gasteiger charge is -2.20. The number of carbonyl (C=O) groups excluding carboxylic acids is 2. The van der Waals surface area contributed by atoms with Gasteiger partial charge in [0, 0.05) is 6.54 Å². The van der Waals surface area contributed by atoms with Crippen LogP contribution in [0.5, 0.6) is 0 Å². The average molecular weight is 299 g/mol. The Morgan fingerprint density at radius 1 is 1.10 bits per heavy atom. The van der Waals surface area contributed by atoms with Gasteiger partial charge in [-0.15, -0.1) is 0 Å². The molecule has 0 heterocycles. The van der Waals surface area contributed by atoms with Crippen molar-refractivity contribution in [1.82, 2.24) is 0 Å². The lowest BCUT2D eigenvalue weighted by molar-refractivity contribution is -0.154. The normalized spacial score (nSPS) is 12.1. The van der Waals surface area contributed by atoms with Crippen LogP contribution in [0.2, 0.25) is 0 Å². The van der Waals surface area contributed by atoms with E-state index in [-0.39, 0.29) is 18.7 Å². The van der Waals surface area contributed by atoms with E-state index in [1.54, 1.807) is 26.8 Å². The van der Waals surface area contributed by atoms with E-state index in [1.165, 1.54) is 0 Å². The largest absolute Gasteiger partial charge is 0.461 e. The summed E-state index contributed by atoms with van der Waals surface area (Å²) in [4.78, 5) is 24.0. The minimum Gasteiger partial charge on any atom is -0.461 e. The Bertz CT molecular complexity index is 356. The van der Waals surface area contributed by atoms with Crippen LogP contribution in [0, 0.1) is 0 Å². The average Bonchev–Trinajstić information content (AvgIpc) is 2.38. The molecule has 2 N–H and O–H groups in total. The number of ether oxygens (including phenoxy) is 2. The van der Waals surface area contributed by atoms with Crippen LogP contribution in [-0.2, 0) is 19.1 Å². The zero-order chi connectivity index (χ0) is 16.3. The molecule has 5 heteroatoms. The molecule has 21 heavy (non-hydrogen) atoms. The second kappa shape index (κ2) is 10.4. The highest BCUT2D eigenvalue weighted by atomic mass is 16.6. The van der Waals surface area contributed by atoms with E-state index in [9.17, 15) is 9.59 Å². The van der Waals surface area contributed by atoms with Crippen LogP contribution in [0.4, 0.5) is 0 Å². The van der Waals surface area contributed by atoms with Crippen LogP contribution in [0.25, 0.3) is 0 Å². The van der Waals surface area contributed by atoms with Crippen LogP contribution >= 0.6 is 0 Å². The van der Waals surface area contributed by atoms with Gasteiger partial charge in [-0.2, -0.15) is 0 Å². The standard InChI is InChI=1S/C16H29NO4/c1-5-6-7-8-9-10-13(14(18)20-12-11-17)15(19)21-16(2,3)4/h10H,5-9,11-12,17H2,1-4H3. The van der Waals surface area contributed by atoms with Crippen molar-refractivity contribution in [3.63, 3.8) is 0 Å². The Balaban J connectivity index is 4.71. The Morgan fingerprint density at radius 2 is 1.76 bits per heavy atom. The molecule has 0 saturated heterocycles. The third kappa shape index (κ3) is 10.1. The molecule has 0 rings (SSSR count). The summed E-state index contributed by atoms with van der Waals surface area (Å²) in [6, 6.07) is 0. The number of nitrogens with two attached hydrogens (primary N) is 1. The lowest BCUT2D eigenvalue weighted by atomic mass is 10.1. The maximum atomic E-state index is 12.1. The molecular formula is C16H29NO4. The van der Waals surface area contributed by atoms with Crippen molar-refractivity contribution in [2.75, 3.05) is 13.2 Å². The Morgan fingerprint density at radius 3 is 2.29 bits per heavy atom. The molecule has 0 aliphatic carbocycles. The predicted molar refractivity (Wildman–Crippen MR) is 82.7 cm³/mol. The SMILES string of the molecule is CCCCCCC=C(C(=O)OCCN)C(=O)OC(C)(C)C. The highest BCUT2D eigenvalue weighted by molar-refractivity contribution is 6.14. The summed E-state index contributed by atoms with van der Waals surface area (Å²) >= 11 is 0. The number of hydrogen-bond acceptors (Lipinski definition) is 5. The third-order valence-corrected chi connectivity index (χ3v) is 2.60. The molecule has 0 aromatic carbocycles. The van der Waals surface area contributed by atoms with Crippen LogP contribution in [0.3, 0.4) is 0 Å². The van der Waals surface area contributed by atoms with Gasteiger partial charge in [-0.3, -0.25) is 0 Å². The number of carbonyl (C=O) groups is 2. The van der Waals surface area contributed by atoms with Gasteiger partial charge in [0.2, 0.25) is 0 Å². The van der Waals surface area contributed by atoms with Gasteiger partial charge in [-0.25, -0.2) is 9.59 Å². The fourth-order valence-corrected chi connectivity index (χ4v) is 1.63. The minimum atomic E-state index is -0.662. The van der Waals surface area contributed by atoms with Crippen molar-refractivity contribution in [3.05, 3.63) is 11.6 Å². The first-order valence-electron chi connectivity index (χ1n) is 7.62. The van der Waals surface area contributed by atoms with E-state index in [0.717, 1.165) is 25.7 Å². The number of rotatable bonds is 9. The van der Waals surface area contributed by atoms with Crippen molar-refractivity contribution in [3.8, 4) is 0 Å². The summed E-state index contributed by atoms with van der Waals surface area (Å²) in [5.74, 6) is -1.30. The van der Waals surface area contributed by atoms with Gasteiger partial charge >= 0.3 is 11.9 Å². The number of hydrogen-bond donors (Lipinski definition) is 1. The van der Waals surface area contributed by atoms with Crippen molar-refractivity contribution >= 4 is 11.9 Å². The van der Waals surface area contributed by atoms with E-state index in [2.05, 4.69) is 6.92 Å². The first kappa shape index (κ1) is 19.6. The number of esters is 2. The highest BCUT2D eigenvalue weighted by Crippen LogP contribution is 2.14.